The van der Waals surface area contributed by atoms with E-state index in [2.05, 4.69) is 0 Å². The van der Waals surface area contributed by atoms with Crippen LogP contribution in [0.4, 0.5) is 0 Å². The topological polar surface area (TPSA) is 37.3 Å². The molecule has 0 saturated heterocycles. The molecule has 0 aliphatic heterocycles. The van der Waals surface area contributed by atoms with Gasteiger partial charge in [-0.1, -0.05) is 51.4 Å². The molecule has 0 heterocycles. The third-order valence-corrected chi connectivity index (χ3v) is 4.64. The predicted octanol–water partition coefficient (Wildman–Crippen LogP) is 3.85. The van der Waals surface area contributed by atoms with Crippen molar-refractivity contribution >= 4 is 5.97 Å². The minimum atomic E-state index is -0.533. The third kappa shape index (κ3) is 2.78. The first kappa shape index (κ1) is 11.9. The normalized spacial score (nSPS) is 33.2. The molecule has 0 aromatic rings. The predicted molar refractivity (Wildman–Crippen MR) is 64.3 cm³/mol. The van der Waals surface area contributed by atoms with E-state index in [1.807, 2.05) is 0 Å². The van der Waals surface area contributed by atoms with Crippen LogP contribution in [0.3, 0.4) is 0 Å². The van der Waals surface area contributed by atoms with Gasteiger partial charge in [0.05, 0.1) is 5.92 Å². The fourth-order valence-electron chi connectivity index (χ4n) is 3.77. The van der Waals surface area contributed by atoms with Gasteiger partial charge in [0.2, 0.25) is 0 Å². The number of carbonyl (C=O) groups is 1. The Morgan fingerprint density at radius 1 is 0.812 bits per heavy atom. The van der Waals surface area contributed by atoms with Gasteiger partial charge < -0.3 is 5.11 Å². The van der Waals surface area contributed by atoms with Crippen molar-refractivity contribution in [2.24, 2.45) is 17.8 Å². The van der Waals surface area contributed by atoms with Gasteiger partial charge in [0.15, 0.2) is 0 Å². The van der Waals surface area contributed by atoms with Crippen LogP contribution in [0.15, 0.2) is 0 Å². The molecule has 2 saturated carbocycles. The minimum absolute atomic E-state index is 0.0307. The van der Waals surface area contributed by atoms with E-state index in [1.165, 1.54) is 51.4 Å². The van der Waals surface area contributed by atoms with Crippen LogP contribution >= 0.6 is 0 Å². The third-order valence-electron chi connectivity index (χ3n) is 4.64. The number of aliphatic carboxylic acids is 1. The van der Waals surface area contributed by atoms with E-state index in [-0.39, 0.29) is 5.92 Å². The molecular weight excluding hydrogens is 200 g/mol. The Kier molecular flexibility index (Phi) is 4.25. The lowest BCUT2D eigenvalue weighted by Gasteiger charge is -2.34. The summed E-state index contributed by atoms with van der Waals surface area (Å²) >= 11 is 0. The summed E-state index contributed by atoms with van der Waals surface area (Å²) in [5.74, 6) is 0.638. The van der Waals surface area contributed by atoms with Crippen molar-refractivity contribution in [3.63, 3.8) is 0 Å². The van der Waals surface area contributed by atoms with Crippen LogP contribution in [0.2, 0.25) is 0 Å². The lowest BCUT2D eigenvalue weighted by molar-refractivity contribution is -0.146. The molecule has 2 rings (SSSR count). The second-order valence-electron chi connectivity index (χ2n) is 5.64. The van der Waals surface area contributed by atoms with E-state index < -0.39 is 5.97 Å². The number of hydrogen-bond acceptors (Lipinski definition) is 1. The summed E-state index contributed by atoms with van der Waals surface area (Å²) in [4.78, 5) is 11.3. The highest BCUT2D eigenvalue weighted by Gasteiger charge is 2.35. The standard InChI is InChI=1S/C14H24O2/c15-14(16)13-10-6-5-9-12(13)11-7-3-1-2-4-8-11/h11-13H,1-10H2,(H,15,16). The highest BCUT2D eigenvalue weighted by Crippen LogP contribution is 2.40. The van der Waals surface area contributed by atoms with Crippen molar-refractivity contribution in [3.8, 4) is 0 Å². The number of hydrogen-bond donors (Lipinski definition) is 1. The van der Waals surface area contributed by atoms with Crippen molar-refractivity contribution in [2.75, 3.05) is 0 Å². The summed E-state index contributed by atoms with van der Waals surface area (Å²) in [6.45, 7) is 0. The molecule has 0 radical (unpaired) electrons. The van der Waals surface area contributed by atoms with Crippen LogP contribution in [0, 0.1) is 17.8 Å². The first-order valence-electron chi connectivity index (χ1n) is 7.02. The van der Waals surface area contributed by atoms with E-state index in [0.717, 1.165) is 12.8 Å². The minimum Gasteiger partial charge on any atom is -0.481 e. The molecule has 2 heteroatoms. The largest absolute Gasteiger partial charge is 0.481 e. The van der Waals surface area contributed by atoms with Crippen molar-refractivity contribution in [2.45, 2.75) is 64.2 Å². The molecule has 0 bridgehead atoms. The molecule has 2 nitrogen and oxygen atoms in total. The smallest absolute Gasteiger partial charge is 0.306 e. The number of carboxylic acid groups (broad SMARTS) is 1. The molecule has 2 aliphatic rings. The average molecular weight is 224 g/mol. The van der Waals surface area contributed by atoms with Crippen molar-refractivity contribution < 1.29 is 9.90 Å². The van der Waals surface area contributed by atoms with E-state index in [1.54, 1.807) is 0 Å². The van der Waals surface area contributed by atoms with Gasteiger partial charge in [-0.15, -0.1) is 0 Å². The summed E-state index contributed by atoms with van der Waals surface area (Å²) in [6.07, 6.45) is 12.4. The summed E-state index contributed by atoms with van der Waals surface area (Å²) < 4.78 is 0. The molecule has 0 aromatic heterocycles. The average Bonchev–Trinajstić information content (AvgIpc) is 2.57. The highest BCUT2D eigenvalue weighted by molar-refractivity contribution is 5.70. The fourth-order valence-corrected chi connectivity index (χ4v) is 3.77. The molecule has 0 spiro atoms. The first-order chi connectivity index (χ1) is 7.79. The van der Waals surface area contributed by atoms with E-state index >= 15 is 0 Å². The molecule has 2 atom stereocenters. The maximum absolute atomic E-state index is 11.3. The van der Waals surface area contributed by atoms with Gasteiger partial charge in [-0.2, -0.15) is 0 Å². The molecule has 0 aromatic carbocycles. The molecule has 2 fully saturated rings. The maximum Gasteiger partial charge on any atom is 0.306 e. The lowest BCUT2D eigenvalue weighted by Crippen LogP contribution is -2.32. The Balaban J connectivity index is 2.00. The summed E-state index contributed by atoms with van der Waals surface area (Å²) in [5.41, 5.74) is 0. The number of rotatable bonds is 2. The number of carboxylic acids is 1. The molecule has 16 heavy (non-hydrogen) atoms. The van der Waals surface area contributed by atoms with Crippen LogP contribution in [0.25, 0.3) is 0 Å². The van der Waals surface area contributed by atoms with Gasteiger partial charge in [0.25, 0.3) is 0 Å². The molecule has 1 N–H and O–H groups in total. The van der Waals surface area contributed by atoms with Gasteiger partial charge in [0.1, 0.15) is 0 Å². The zero-order valence-electron chi connectivity index (χ0n) is 10.2. The fraction of sp³-hybridized carbons (Fsp3) is 0.929. The van der Waals surface area contributed by atoms with Gasteiger partial charge in [-0.25, -0.2) is 0 Å². The summed E-state index contributed by atoms with van der Waals surface area (Å²) in [7, 11) is 0. The van der Waals surface area contributed by atoms with Gasteiger partial charge >= 0.3 is 5.97 Å². The second kappa shape index (κ2) is 5.70. The van der Waals surface area contributed by atoms with Crippen LogP contribution < -0.4 is 0 Å². The Morgan fingerprint density at radius 3 is 2.00 bits per heavy atom. The highest BCUT2D eigenvalue weighted by atomic mass is 16.4. The van der Waals surface area contributed by atoms with Crippen LogP contribution in [-0.2, 0) is 4.79 Å². The van der Waals surface area contributed by atoms with E-state index in [9.17, 15) is 9.90 Å². The van der Waals surface area contributed by atoms with Crippen molar-refractivity contribution in [3.05, 3.63) is 0 Å². The maximum atomic E-state index is 11.3. The molecule has 0 amide bonds. The summed E-state index contributed by atoms with van der Waals surface area (Å²) in [6, 6.07) is 0. The Bertz CT molecular complexity index is 229. The second-order valence-corrected chi connectivity index (χ2v) is 5.64. The van der Waals surface area contributed by atoms with Crippen LogP contribution in [0.5, 0.6) is 0 Å². The molecule has 2 unspecified atom stereocenters. The Labute approximate surface area is 98.4 Å². The zero-order chi connectivity index (χ0) is 11.4. The van der Waals surface area contributed by atoms with Gasteiger partial charge in [-0.05, 0) is 24.7 Å². The Morgan fingerprint density at radius 2 is 1.38 bits per heavy atom. The van der Waals surface area contributed by atoms with Crippen molar-refractivity contribution in [1.82, 2.24) is 0 Å². The molecule has 92 valence electrons. The van der Waals surface area contributed by atoms with Gasteiger partial charge in [0, 0.05) is 0 Å². The monoisotopic (exact) mass is 224 g/mol. The summed E-state index contributed by atoms with van der Waals surface area (Å²) in [5, 5.41) is 9.31. The van der Waals surface area contributed by atoms with Crippen molar-refractivity contribution in [1.29, 1.82) is 0 Å². The molecular formula is C14H24O2. The molecule has 2 aliphatic carbocycles. The Hall–Kier alpha value is -0.530. The van der Waals surface area contributed by atoms with Crippen LogP contribution in [-0.4, -0.2) is 11.1 Å². The SMILES string of the molecule is O=C(O)C1CCCCC1C1CCCCCC1. The van der Waals surface area contributed by atoms with Gasteiger partial charge in [-0.3, -0.25) is 4.79 Å². The van der Waals surface area contributed by atoms with Crippen LogP contribution in [0.1, 0.15) is 64.2 Å². The van der Waals surface area contributed by atoms with E-state index in [0.29, 0.717) is 11.8 Å². The quantitative estimate of drug-likeness (QED) is 0.723. The first-order valence-corrected chi connectivity index (χ1v) is 7.02. The zero-order valence-corrected chi connectivity index (χ0v) is 10.2. The lowest BCUT2D eigenvalue weighted by atomic mass is 9.70. The van der Waals surface area contributed by atoms with E-state index in [4.69, 9.17) is 0 Å².